The molecule has 0 heterocycles. The van der Waals surface area contributed by atoms with Crippen LogP contribution in [0.2, 0.25) is 0 Å². The lowest BCUT2D eigenvalue weighted by Crippen LogP contribution is -3.00. The molecule has 0 unspecified atom stereocenters. The van der Waals surface area contributed by atoms with Gasteiger partial charge in [0.2, 0.25) is 0 Å². The van der Waals surface area contributed by atoms with E-state index in [1.54, 1.807) is 7.11 Å². The lowest BCUT2D eigenvalue weighted by molar-refractivity contribution is -0.137. The van der Waals surface area contributed by atoms with Crippen LogP contribution in [0.5, 0.6) is 5.75 Å². The van der Waals surface area contributed by atoms with Crippen molar-refractivity contribution in [1.82, 2.24) is 0 Å². The van der Waals surface area contributed by atoms with E-state index in [0.29, 0.717) is 0 Å². The first-order valence-corrected chi connectivity index (χ1v) is 10.4. The summed E-state index contributed by atoms with van der Waals surface area (Å²) in [6, 6.07) is 28.4. The summed E-state index contributed by atoms with van der Waals surface area (Å²) in [5, 5.41) is 3.30. The highest BCUT2D eigenvalue weighted by Gasteiger charge is 2.49. The lowest BCUT2D eigenvalue weighted by Gasteiger charge is -2.27. The summed E-state index contributed by atoms with van der Waals surface area (Å²) in [6.07, 6.45) is 0.290. The second kappa shape index (κ2) is 9.55. The average Bonchev–Trinajstić information content (AvgIpc) is 2.73. The van der Waals surface area contributed by atoms with Gasteiger partial charge in [0.15, 0.2) is 11.9 Å². The normalized spacial score (nSPS) is 10.6. The van der Waals surface area contributed by atoms with Crippen molar-refractivity contribution < 1.29 is 26.7 Å². The second-order valence-corrected chi connectivity index (χ2v) is 9.34. The highest BCUT2D eigenvalue weighted by atomic mass is 35.5. The number of methoxy groups -OCH3 is 2. The molecule has 0 aromatic heterocycles. The molecule has 0 bridgehead atoms. The van der Waals surface area contributed by atoms with E-state index < -0.39 is 7.26 Å². The van der Waals surface area contributed by atoms with E-state index in [0.717, 1.165) is 21.7 Å². The number of hydrogen-bond donors (Lipinski definition) is 0. The number of carbonyl (C=O) groups excluding carboxylic acids is 1. The third-order valence-corrected chi connectivity index (χ3v) is 8.77. The first kappa shape index (κ1) is 21.0. The quantitative estimate of drug-likeness (QED) is 0.437. The van der Waals surface area contributed by atoms with Crippen LogP contribution in [0.25, 0.3) is 0 Å². The number of para-hydroxylation sites is 1. The minimum atomic E-state index is -2.28. The molecule has 3 rings (SSSR count). The van der Waals surface area contributed by atoms with Crippen molar-refractivity contribution >= 4 is 29.1 Å². The van der Waals surface area contributed by atoms with Gasteiger partial charge in [-0.05, 0) is 36.4 Å². The molecule has 0 saturated heterocycles. The number of carbonyl (C=O) groups is 1. The largest absolute Gasteiger partial charge is 1.00 e. The van der Waals surface area contributed by atoms with Gasteiger partial charge in [-0.3, -0.25) is 0 Å². The fourth-order valence-corrected chi connectivity index (χ4v) is 7.41. The Morgan fingerprint density at radius 3 is 1.74 bits per heavy atom. The van der Waals surface area contributed by atoms with Crippen LogP contribution in [0, 0.1) is 0 Å². The summed E-state index contributed by atoms with van der Waals surface area (Å²) < 4.78 is 10.8. The lowest BCUT2D eigenvalue weighted by atomic mass is 10.3. The van der Waals surface area contributed by atoms with E-state index in [9.17, 15) is 4.79 Å². The number of benzene rings is 3. The molecule has 0 aliphatic heterocycles. The fourth-order valence-electron chi connectivity index (χ4n) is 3.26. The monoisotopic (exact) mass is 400 g/mol. The van der Waals surface area contributed by atoms with Gasteiger partial charge in [0.05, 0.1) is 14.2 Å². The van der Waals surface area contributed by atoms with Gasteiger partial charge in [-0.1, -0.05) is 48.5 Å². The van der Waals surface area contributed by atoms with E-state index in [1.165, 1.54) is 7.11 Å². The standard InChI is InChI=1S/C22H22O3P.ClH/c1-24-20-15-9-10-16-21(20)26(17-22(23)25-2,18-11-5-3-6-12-18)19-13-7-4-8-14-19;/h3-16H,17H2,1-2H3;1H/q+1;/p-1. The van der Waals surface area contributed by atoms with E-state index in [1.807, 2.05) is 54.6 Å². The second-order valence-electron chi connectivity index (χ2n) is 5.89. The van der Waals surface area contributed by atoms with Gasteiger partial charge in [0.25, 0.3) is 0 Å². The first-order chi connectivity index (χ1) is 12.7. The van der Waals surface area contributed by atoms with Gasteiger partial charge in [0, 0.05) is 0 Å². The fraction of sp³-hybridized carbons (Fsp3) is 0.136. The van der Waals surface area contributed by atoms with Gasteiger partial charge in [0.1, 0.15) is 23.2 Å². The van der Waals surface area contributed by atoms with Crippen LogP contribution in [-0.2, 0) is 9.53 Å². The molecule has 0 atom stereocenters. The maximum absolute atomic E-state index is 12.5. The van der Waals surface area contributed by atoms with Gasteiger partial charge in [-0.25, -0.2) is 4.79 Å². The van der Waals surface area contributed by atoms with E-state index in [-0.39, 0.29) is 24.5 Å². The Morgan fingerprint density at radius 1 is 0.778 bits per heavy atom. The summed E-state index contributed by atoms with van der Waals surface area (Å²) >= 11 is 0. The van der Waals surface area contributed by atoms with Crippen molar-refractivity contribution in [1.29, 1.82) is 0 Å². The smallest absolute Gasteiger partial charge is 0.344 e. The van der Waals surface area contributed by atoms with Crippen LogP contribution < -0.4 is 33.1 Å². The van der Waals surface area contributed by atoms with Crippen molar-refractivity contribution in [2.24, 2.45) is 0 Å². The third-order valence-electron chi connectivity index (χ3n) is 4.48. The number of ether oxygens (including phenoxy) is 2. The van der Waals surface area contributed by atoms with Crippen molar-refractivity contribution in [3.8, 4) is 5.75 Å². The first-order valence-electron chi connectivity index (χ1n) is 8.42. The molecule has 0 N–H and O–H groups in total. The van der Waals surface area contributed by atoms with Gasteiger partial charge >= 0.3 is 5.97 Å². The third kappa shape index (κ3) is 4.16. The average molecular weight is 401 g/mol. The molecule has 0 aliphatic carbocycles. The SMILES string of the molecule is COC(=O)C[P+](c1ccccc1)(c1ccccc1)c1ccccc1OC.[Cl-]. The zero-order chi connectivity index (χ0) is 18.4. The Balaban J connectivity index is 0.00000261. The zero-order valence-electron chi connectivity index (χ0n) is 15.3. The van der Waals surface area contributed by atoms with E-state index >= 15 is 0 Å². The van der Waals surface area contributed by atoms with E-state index in [2.05, 4.69) is 30.3 Å². The van der Waals surface area contributed by atoms with Crippen LogP contribution in [-0.4, -0.2) is 26.4 Å². The molecular formula is C22H22ClO3P. The number of hydrogen-bond acceptors (Lipinski definition) is 3. The summed E-state index contributed by atoms with van der Waals surface area (Å²) in [5.74, 6) is 0.564. The Morgan fingerprint density at radius 2 is 1.26 bits per heavy atom. The Labute approximate surface area is 167 Å². The van der Waals surface area contributed by atoms with Crippen LogP contribution in [0.3, 0.4) is 0 Å². The van der Waals surface area contributed by atoms with Crippen molar-refractivity contribution in [3.63, 3.8) is 0 Å². The van der Waals surface area contributed by atoms with Crippen molar-refractivity contribution in [2.75, 3.05) is 20.4 Å². The predicted molar refractivity (Wildman–Crippen MR) is 109 cm³/mol. The molecule has 0 amide bonds. The molecule has 0 radical (unpaired) electrons. The van der Waals surface area contributed by atoms with Crippen LogP contribution in [0.1, 0.15) is 0 Å². The number of esters is 1. The maximum atomic E-state index is 12.5. The van der Waals surface area contributed by atoms with Gasteiger partial charge in [-0.15, -0.1) is 0 Å². The van der Waals surface area contributed by atoms with E-state index in [4.69, 9.17) is 9.47 Å². The van der Waals surface area contributed by atoms with Crippen LogP contribution in [0.15, 0.2) is 84.9 Å². The Kier molecular flexibility index (Phi) is 7.41. The molecule has 27 heavy (non-hydrogen) atoms. The summed E-state index contributed by atoms with van der Waals surface area (Å²) in [6.45, 7) is 0. The minimum Gasteiger partial charge on any atom is -1.00 e. The molecule has 3 aromatic carbocycles. The van der Waals surface area contributed by atoms with Crippen LogP contribution in [0.4, 0.5) is 0 Å². The molecule has 0 aliphatic rings. The summed E-state index contributed by atoms with van der Waals surface area (Å²) in [5.41, 5.74) is 0. The minimum absolute atomic E-state index is 0. The molecule has 3 nitrogen and oxygen atoms in total. The summed E-state index contributed by atoms with van der Waals surface area (Å²) in [7, 11) is 0.828. The topological polar surface area (TPSA) is 35.5 Å². The number of halogens is 1. The molecule has 0 fully saturated rings. The maximum Gasteiger partial charge on any atom is 0.344 e. The number of rotatable bonds is 6. The zero-order valence-corrected chi connectivity index (χ0v) is 17.0. The van der Waals surface area contributed by atoms with Crippen LogP contribution >= 0.6 is 7.26 Å². The van der Waals surface area contributed by atoms with Crippen molar-refractivity contribution in [2.45, 2.75) is 0 Å². The van der Waals surface area contributed by atoms with Gasteiger partial charge < -0.3 is 21.9 Å². The predicted octanol–water partition coefficient (Wildman–Crippen LogP) is 0.166. The molecular weight excluding hydrogens is 379 g/mol. The highest BCUT2D eigenvalue weighted by Crippen LogP contribution is 2.57. The molecule has 0 saturated carbocycles. The van der Waals surface area contributed by atoms with Gasteiger partial charge in [-0.2, -0.15) is 0 Å². The van der Waals surface area contributed by atoms with Crippen molar-refractivity contribution in [3.05, 3.63) is 84.9 Å². The molecule has 0 spiro atoms. The molecule has 140 valence electrons. The Hall–Kier alpha value is -2.35. The molecule has 3 aromatic rings. The molecule has 5 heteroatoms. The Bertz CT molecular complexity index is 829. The summed E-state index contributed by atoms with van der Waals surface area (Å²) in [4.78, 5) is 12.5. The highest BCUT2D eigenvalue weighted by molar-refractivity contribution is 7.96.